The van der Waals surface area contributed by atoms with Crippen molar-refractivity contribution in [1.29, 1.82) is 0 Å². The van der Waals surface area contributed by atoms with Gasteiger partial charge in [-0.25, -0.2) is 13.6 Å². The summed E-state index contributed by atoms with van der Waals surface area (Å²) in [6, 6.07) is 7.36. The van der Waals surface area contributed by atoms with Crippen molar-refractivity contribution in [3.8, 4) is 0 Å². The van der Waals surface area contributed by atoms with Crippen LogP contribution in [0.25, 0.3) is 10.9 Å². The SMILES string of the molecule is Cn1c(=O)ccc2cc(S(N)(=O)=O)ccc21. The summed E-state index contributed by atoms with van der Waals surface area (Å²) in [5, 5.41) is 5.68. The molecule has 0 atom stereocenters. The van der Waals surface area contributed by atoms with Gasteiger partial charge in [0.05, 0.1) is 10.4 Å². The van der Waals surface area contributed by atoms with Gasteiger partial charge in [-0.2, -0.15) is 0 Å². The Morgan fingerprint density at radius 2 is 1.88 bits per heavy atom. The van der Waals surface area contributed by atoms with E-state index in [0.717, 1.165) is 0 Å². The van der Waals surface area contributed by atoms with Gasteiger partial charge in [0.25, 0.3) is 5.56 Å². The molecule has 0 radical (unpaired) electrons. The molecule has 1 aromatic heterocycles. The van der Waals surface area contributed by atoms with E-state index in [2.05, 4.69) is 0 Å². The summed E-state index contributed by atoms with van der Waals surface area (Å²) in [5.74, 6) is 0. The molecule has 16 heavy (non-hydrogen) atoms. The number of hydrogen-bond acceptors (Lipinski definition) is 3. The normalized spacial score (nSPS) is 11.9. The summed E-state index contributed by atoms with van der Waals surface area (Å²) in [6.45, 7) is 0. The molecule has 0 amide bonds. The molecule has 0 aliphatic heterocycles. The lowest BCUT2D eigenvalue weighted by Crippen LogP contribution is -2.16. The molecule has 0 aliphatic carbocycles. The molecule has 1 heterocycles. The quantitative estimate of drug-likeness (QED) is 0.769. The van der Waals surface area contributed by atoms with Crippen LogP contribution in [0.15, 0.2) is 40.0 Å². The molecule has 5 nitrogen and oxygen atoms in total. The number of nitrogens with two attached hydrogens (primary N) is 1. The highest BCUT2D eigenvalue weighted by Crippen LogP contribution is 2.16. The fourth-order valence-corrected chi connectivity index (χ4v) is 2.09. The first-order valence-corrected chi connectivity index (χ1v) is 6.07. The van der Waals surface area contributed by atoms with Crippen molar-refractivity contribution in [2.75, 3.05) is 0 Å². The lowest BCUT2D eigenvalue weighted by Gasteiger charge is -2.05. The Bertz CT molecular complexity index is 716. The molecule has 0 bridgehead atoms. The third-order valence-electron chi connectivity index (χ3n) is 2.42. The summed E-state index contributed by atoms with van der Waals surface area (Å²) in [7, 11) is -2.08. The molecule has 0 saturated carbocycles. The van der Waals surface area contributed by atoms with Crippen molar-refractivity contribution < 1.29 is 8.42 Å². The van der Waals surface area contributed by atoms with E-state index in [1.165, 1.54) is 22.8 Å². The second-order valence-electron chi connectivity index (χ2n) is 3.50. The Hall–Kier alpha value is -1.66. The van der Waals surface area contributed by atoms with Gasteiger partial charge in [0.2, 0.25) is 10.0 Å². The first-order valence-electron chi connectivity index (χ1n) is 4.52. The topological polar surface area (TPSA) is 82.2 Å². The van der Waals surface area contributed by atoms with Crippen LogP contribution < -0.4 is 10.7 Å². The number of nitrogens with zero attached hydrogens (tertiary/aromatic N) is 1. The first-order chi connectivity index (χ1) is 7.39. The minimum Gasteiger partial charge on any atom is -0.311 e. The third kappa shape index (κ3) is 1.72. The molecule has 0 saturated heterocycles. The molecule has 0 spiro atoms. The lowest BCUT2D eigenvalue weighted by molar-refractivity contribution is 0.598. The largest absolute Gasteiger partial charge is 0.311 e. The number of rotatable bonds is 1. The second kappa shape index (κ2) is 3.43. The van der Waals surface area contributed by atoms with Gasteiger partial charge in [-0.15, -0.1) is 0 Å². The van der Waals surface area contributed by atoms with Gasteiger partial charge in [-0.1, -0.05) is 0 Å². The Labute approximate surface area is 92.2 Å². The minimum absolute atomic E-state index is 0.0404. The van der Waals surface area contributed by atoms with Gasteiger partial charge in [0.15, 0.2) is 0 Å². The molecule has 1 aromatic carbocycles. The zero-order chi connectivity index (χ0) is 11.9. The van der Waals surface area contributed by atoms with E-state index in [1.54, 1.807) is 19.2 Å². The number of fused-ring (bicyclic) bond motifs is 1. The number of pyridine rings is 1. The summed E-state index contributed by atoms with van der Waals surface area (Å²) in [5.41, 5.74) is 0.524. The average molecular weight is 238 g/mol. The molecular weight excluding hydrogens is 228 g/mol. The van der Waals surface area contributed by atoms with Crippen molar-refractivity contribution in [2.45, 2.75) is 4.90 Å². The zero-order valence-corrected chi connectivity index (χ0v) is 9.36. The van der Waals surface area contributed by atoms with E-state index < -0.39 is 10.0 Å². The summed E-state index contributed by atoms with van der Waals surface area (Å²) < 4.78 is 23.7. The molecule has 0 aliphatic rings. The number of aromatic nitrogens is 1. The average Bonchev–Trinajstić information content (AvgIpc) is 2.22. The molecule has 84 valence electrons. The van der Waals surface area contributed by atoms with Crippen molar-refractivity contribution in [1.82, 2.24) is 4.57 Å². The maximum absolute atomic E-state index is 11.3. The predicted octanol–water partition coefficient (Wildman–Crippen LogP) is 0.186. The van der Waals surface area contributed by atoms with Crippen LogP contribution in [0.5, 0.6) is 0 Å². The van der Waals surface area contributed by atoms with Crippen molar-refractivity contribution in [2.24, 2.45) is 12.2 Å². The van der Waals surface area contributed by atoms with Crippen LogP contribution in [0, 0.1) is 0 Å². The molecule has 2 N–H and O–H groups in total. The van der Waals surface area contributed by atoms with E-state index in [0.29, 0.717) is 10.9 Å². The van der Waals surface area contributed by atoms with Crippen LogP contribution >= 0.6 is 0 Å². The fourth-order valence-electron chi connectivity index (χ4n) is 1.54. The Balaban J connectivity index is 2.85. The van der Waals surface area contributed by atoms with E-state index in [4.69, 9.17) is 5.14 Å². The smallest absolute Gasteiger partial charge is 0.250 e. The third-order valence-corrected chi connectivity index (χ3v) is 3.34. The number of aryl methyl sites for hydroxylation is 1. The maximum Gasteiger partial charge on any atom is 0.250 e. The summed E-state index contributed by atoms with van der Waals surface area (Å²) >= 11 is 0. The van der Waals surface area contributed by atoms with E-state index in [-0.39, 0.29) is 10.5 Å². The number of benzene rings is 1. The number of primary sulfonamides is 1. The minimum atomic E-state index is -3.70. The highest BCUT2D eigenvalue weighted by Gasteiger charge is 2.08. The van der Waals surface area contributed by atoms with E-state index in [9.17, 15) is 13.2 Å². The van der Waals surface area contributed by atoms with Gasteiger partial charge < -0.3 is 4.57 Å². The molecule has 6 heteroatoms. The Kier molecular flexibility index (Phi) is 2.32. The molecular formula is C10H10N2O3S. The summed E-state index contributed by atoms with van der Waals surface area (Å²) in [4.78, 5) is 11.4. The monoisotopic (exact) mass is 238 g/mol. The van der Waals surface area contributed by atoms with Gasteiger partial charge in [-0.3, -0.25) is 4.79 Å². The second-order valence-corrected chi connectivity index (χ2v) is 5.06. The molecule has 0 unspecified atom stereocenters. The maximum atomic E-state index is 11.3. The molecule has 2 aromatic rings. The van der Waals surface area contributed by atoms with E-state index in [1.807, 2.05) is 0 Å². The van der Waals surface area contributed by atoms with Gasteiger partial charge in [0.1, 0.15) is 0 Å². The van der Waals surface area contributed by atoms with Crippen LogP contribution in [-0.4, -0.2) is 13.0 Å². The highest BCUT2D eigenvalue weighted by molar-refractivity contribution is 7.89. The Morgan fingerprint density at radius 1 is 1.19 bits per heavy atom. The first kappa shape index (κ1) is 10.8. The number of hydrogen-bond donors (Lipinski definition) is 1. The van der Waals surface area contributed by atoms with Gasteiger partial charge in [-0.05, 0) is 29.7 Å². The number of sulfonamides is 1. The molecule has 2 rings (SSSR count). The van der Waals surface area contributed by atoms with Gasteiger partial charge in [0, 0.05) is 13.1 Å². The zero-order valence-electron chi connectivity index (χ0n) is 8.54. The standard InChI is InChI=1S/C10H10N2O3S/c1-12-9-4-3-8(16(11,14)15)6-7(9)2-5-10(12)13/h2-6H,1H3,(H2,11,14,15). The summed E-state index contributed by atoms with van der Waals surface area (Å²) in [6.07, 6.45) is 0. The van der Waals surface area contributed by atoms with E-state index >= 15 is 0 Å². The fraction of sp³-hybridized carbons (Fsp3) is 0.100. The van der Waals surface area contributed by atoms with Crippen molar-refractivity contribution >= 4 is 20.9 Å². The predicted molar refractivity (Wildman–Crippen MR) is 60.6 cm³/mol. The van der Waals surface area contributed by atoms with Crippen LogP contribution in [0.4, 0.5) is 0 Å². The lowest BCUT2D eigenvalue weighted by atomic mass is 10.2. The highest BCUT2D eigenvalue weighted by atomic mass is 32.2. The molecule has 0 fully saturated rings. The van der Waals surface area contributed by atoms with Crippen LogP contribution in [0.3, 0.4) is 0 Å². The van der Waals surface area contributed by atoms with Crippen LogP contribution in [0.1, 0.15) is 0 Å². The van der Waals surface area contributed by atoms with Crippen LogP contribution in [0.2, 0.25) is 0 Å². The Morgan fingerprint density at radius 3 is 2.50 bits per heavy atom. The van der Waals surface area contributed by atoms with Crippen LogP contribution in [-0.2, 0) is 17.1 Å². The van der Waals surface area contributed by atoms with Crippen molar-refractivity contribution in [3.05, 3.63) is 40.7 Å². The van der Waals surface area contributed by atoms with Gasteiger partial charge >= 0.3 is 0 Å². The van der Waals surface area contributed by atoms with Crippen molar-refractivity contribution in [3.63, 3.8) is 0 Å².